The predicted molar refractivity (Wildman–Crippen MR) is 105 cm³/mol. The van der Waals surface area contributed by atoms with Gasteiger partial charge in [0.2, 0.25) is 11.8 Å². The lowest BCUT2D eigenvalue weighted by molar-refractivity contribution is -0.160. The Morgan fingerprint density at radius 1 is 1.07 bits per heavy atom. The maximum atomic E-state index is 13.0. The SMILES string of the molecule is CC(C)C(C(=O)OCC(=O)c1ccc(Cl)cc1)N1C(=O)[C@@H]2[C@H]3CC[C@H](C3)[C@@H]2C1=O. The number of carbonyl (C=O) groups is 4. The summed E-state index contributed by atoms with van der Waals surface area (Å²) in [4.78, 5) is 52.3. The zero-order chi connectivity index (χ0) is 20.9. The first kappa shape index (κ1) is 20.1. The van der Waals surface area contributed by atoms with Crippen molar-refractivity contribution in [2.24, 2.45) is 29.6 Å². The number of esters is 1. The lowest BCUT2D eigenvalue weighted by atomic mass is 9.81. The number of halogens is 1. The van der Waals surface area contributed by atoms with Crippen LogP contribution in [0.5, 0.6) is 0 Å². The Kier molecular flexibility index (Phi) is 5.23. The summed E-state index contributed by atoms with van der Waals surface area (Å²) in [6.45, 7) is 3.10. The number of hydrogen-bond acceptors (Lipinski definition) is 5. The van der Waals surface area contributed by atoms with Crippen molar-refractivity contribution in [3.63, 3.8) is 0 Å². The summed E-state index contributed by atoms with van der Waals surface area (Å²) in [7, 11) is 0. The van der Waals surface area contributed by atoms with Gasteiger partial charge in [-0.1, -0.05) is 25.4 Å². The highest BCUT2D eigenvalue weighted by Crippen LogP contribution is 2.56. The Morgan fingerprint density at radius 2 is 1.62 bits per heavy atom. The summed E-state index contributed by atoms with van der Waals surface area (Å²) >= 11 is 5.82. The molecule has 3 fully saturated rings. The van der Waals surface area contributed by atoms with Gasteiger partial charge < -0.3 is 4.74 Å². The molecule has 5 atom stereocenters. The molecule has 2 bridgehead atoms. The Hall–Kier alpha value is -2.21. The second-order valence-corrected chi connectivity index (χ2v) is 9.09. The van der Waals surface area contributed by atoms with Gasteiger partial charge in [0.05, 0.1) is 11.8 Å². The zero-order valence-corrected chi connectivity index (χ0v) is 17.2. The molecule has 6 nitrogen and oxygen atoms in total. The summed E-state index contributed by atoms with van der Waals surface area (Å²) in [5.74, 6) is -1.94. The van der Waals surface area contributed by atoms with Crippen LogP contribution in [0.15, 0.2) is 24.3 Å². The first-order valence-corrected chi connectivity index (χ1v) is 10.5. The number of Topliss-reactive ketones (excluding diaryl/α,β-unsaturated/α-hetero) is 1. The molecule has 0 radical (unpaired) electrons. The molecule has 2 saturated carbocycles. The van der Waals surface area contributed by atoms with Crippen molar-refractivity contribution in [2.75, 3.05) is 6.61 Å². The molecule has 2 aliphatic carbocycles. The van der Waals surface area contributed by atoms with Crippen LogP contribution in [-0.4, -0.2) is 41.1 Å². The molecule has 1 unspecified atom stereocenters. The smallest absolute Gasteiger partial charge is 0.330 e. The van der Waals surface area contributed by atoms with E-state index in [1.807, 2.05) is 0 Å². The highest BCUT2D eigenvalue weighted by atomic mass is 35.5. The van der Waals surface area contributed by atoms with Gasteiger partial charge in [-0.25, -0.2) is 4.79 Å². The topological polar surface area (TPSA) is 80.8 Å². The van der Waals surface area contributed by atoms with Crippen molar-refractivity contribution in [2.45, 2.75) is 39.2 Å². The Labute approximate surface area is 174 Å². The van der Waals surface area contributed by atoms with Gasteiger partial charge in [-0.15, -0.1) is 0 Å². The van der Waals surface area contributed by atoms with Crippen molar-refractivity contribution in [3.05, 3.63) is 34.9 Å². The number of ketones is 1. The van der Waals surface area contributed by atoms with E-state index in [9.17, 15) is 19.2 Å². The quantitative estimate of drug-likeness (QED) is 0.403. The summed E-state index contributed by atoms with van der Waals surface area (Å²) < 4.78 is 5.24. The number of ether oxygens (including phenoxy) is 1. The van der Waals surface area contributed by atoms with Gasteiger partial charge in [0.1, 0.15) is 6.04 Å². The molecule has 1 aromatic carbocycles. The van der Waals surface area contributed by atoms with E-state index in [0.717, 1.165) is 24.2 Å². The zero-order valence-electron chi connectivity index (χ0n) is 16.5. The molecule has 29 heavy (non-hydrogen) atoms. The average molecular weight is 418 g/mol. The standard InChI is InChI=1S/C22H24ClNO5/c1-11(2)19(22(28)29-10-16(25)12-5-7-15(23)8-6-12)24-20(26)17-13-3-4-14(9-13)18(17)21(24)27/h5-8,11,13-14,17-19H,3-4,9-10H2,1-2H3/t13-,14+,17+,18-,19?. The van der Waals surface area contributed by atoms with Gasteiger partial charge in [-0.3, -0.25) is 19.3 Å². The molecule has 1 saturated heterocycles. The molecule has 4 rings (SSSR count). The molecule has 0 aromatic heterocycles. The molecule has 1 heterocycles. The van der Waals surface area contributed by atoms with E-state index in [-0.39, 0.29) is 47.2 Å². The third-order valence-electron chi connectivity index (χ3n) is 6.62. The van der Waals surface area contributed by atoms with Gasteiger partial charge in [0.25, 0.3) is 0 Å². The second kappa shape index (κ2) is 7.56. The summed E-state index contributed by atoms with van der Waals surface area (Å²) in [6, 6.07) is 5.29. The van der Waals surface area contributed by atoms with Crippen LogP contribution in [-0.2, 0) is 19.1 Å². The number of likely N-dealkylation sites (tertiary alicyclic amines) is 1. The van der Waals surface area contributed by atoms with Crippen LogP contribution in [0.25, 0.3) is 0 Å². The molecular formula is C22H24ClNO5. The van der Waals surface area contributed by atoms with Gasteiger partial charge in [-0.2, -0.15) is 0 Å². The van der Waals surface area contributed by atoms with Crippen molar-refractivity contribution in [1.29, 1.82) is 0 Å². The summed E-state index contributed by atoms with van der Waals surface area (Å²) in [6.07, 6.45) is 2.89. The summed E-state index contributed by atoms with van der Waals surface area (Å²) in [5.41, 5.74) is 0.378. The first-order valence-electron chi connectivity index (χ1n) is 10.1. The fourth-order valence-corrected chi connectivity index (χ4v) is 5.45. The Balaban J connectivity index is 1.47. The number of rotatable bonds is 6. The van der Waals surface area contributed by atoms with Crippen LogP contribution in [0.1, 0.15) is 43.5 Å². The minimum atomic E-state index is -1.00. The van der Waals surface area contributed by atoms with E-state index in [1.54, 1.807) is 38.1 Å². The molecule has 1 aliphatic heterocycles. The fourth-order valence-electron chi connectivity index (χ4n) is 5.32. The fraction of sp³-hybridized carbons (Fsp3) is 0.545. The van der Waals surface area contributed by atoms with Crippen LogP contribution in [0, 0.1) is 29.6 Å². The normalized spacial score (nSPS) is 28.8. The minimum absolute atomic E-state index is 0.244. The number of carbonyl (C=O) groups excluding carboxylic acids is 4. The van der Waals surface area contributed by atoms with Gasteiger partial charge >= 0.3 is 5.97 Å². The van der Waals surface area contributed by atoms with Crippen molar-refractivity contribution >= 4 is 35.2 Å². The Bertz CT molecular complexity index is 836. The number of hydrogen-bond donors (Lipinski definition) is 0. The average Bonchev–Trinajstić information content (AvgIpc) is 3.36. The predicted octanol–water partition coefficient (Wildman–Crippen LogP) is 3.12. The third-order valence-corrected chi connectivity index (χ3v) is 6.88. The summed E-state index contributed by atoms with van der Waals surface area (Å²) in [5, 5.41) is 0.504. The molecule has 1 aromatic rings. The van der Waals surface area contributed by atoms with E-state index in [0.29, 0.717) is 10.6 Å². The number of benzene rings is 1. The second-order valence-electron chi connectivity index (χ2n) is 8.66. The highest BCUT2D eigenvalue weighted by molar-refractivity contribution is 6.30. The number of imide groups is 1. The minimum Gasteiger partial charge on any atom is -0.456 e. The van der Waals surface area contributed by atoms with Crippen LogP contribution in [0.4, 0.5) is 0 Å². The molecule has 3 aliphatic rings. The van der Waals surface area contributed by atoms with Crippen LogP contribution in [0.2, 0.25) is 5.02 Å². The van der Waals surface area contributed by atoms with Crippen LogP contribution in [0.3, 0.4) is 0 Å². The number of fused-ring (bicyclic) bond motifs is 5. The monoisotopic (exact) mass is 417 g/mol. The molecule has 154 valence electrons. The van der Waals surface area contributed by atoms with Gasteiger partial charge in [-0.05, 0) is 61.3 Å². The van der Waals surface area contributed by atoms with Gasteiger partial charge in [0.15, 0.2) is 12.4 Å². The maximum absolute atomic E-state index is 13.0. The molecular weight excluding hydrogens is 394 g/mol. The van der Waals surface area contributed by atoms with Crippen molar-refractivity contribution in [1.82, 2.24) is 4.90 Å². The van der Waals surface area contributed by atoms with E-state index in [2.05, 4.69) is 0 Å². The van der Waals surface area contributed by atoms with Crippen LogP contribution >= 0.6 is 11.6 Å². The lowest BCUT2D eigenvalue weighted by Crippen LogP contribution is -2.50. The van der Waals surface area contributed by atoms with E-state index < -0.39 is 18.6 Å². The molecule has 7 heteroatoms. The molecule has 0 N–H and O–H groups in total. The lowest BCUT2D eigenvalue weighted by Gasteiger charge is -2.28. The molecule has 0 spiro atoms. The van der Waals surface area contributed by atoms with E-state index in [1.165, 1.54) is 0 Å². The van der Waals surface area contributed by atoms with Crippen molar-refractivity contribution < 1.29 is 23.9 Å². The first-order chi connectivity index (χ1) is 13.8. The maximum Gasteiger partial charge on any atom is 0.330 e. The largest absolute Gasteiger partial charge is 0.456 e. The van der Waals surface area contributed by atoms with E-state index >= 15 is 0 Å². The number of amides is 2. The van der Waals surface area contributed by atoms with Gasteiger partial charge in [0, 0.05) is 10.6 Å². The van der Waals surface area contributed by atoms with Crippen LogP contribution < -0.4 is 0 Å². The Morgan fingerprint density at radius 3 is 2.14 bits per heavy atom. The van der Waals surface area contributed by atoms with E-state index in [4.69, 9.17) is 16.3 Å². The third kappa shape index (κ3) is 3.37. The highest BCUT2D eigenvalue weighted by Gasteiger charge is 2.62. The molecule has 2 amide bonds. The van der Waals surface area contributed by atoms with Crippen molar-refractivity contribution in [3.8, 4) is 0 Å². The number of nitrogens with zero attached hydrogens (tertiary/aromatic N) is 1.